The molecule has 2 atom stereocenters. The van der Waals surface area contributed by atoms with Crippen molar-refractivity contribution in [3.8, 4) is 0 Å². The molecular formula is C9H15NO2. The van der Waals surface area contributed by atoms with Gasteiger partial charge in [-0.2, -0.15) is 0 Å². The third kappa shape index (κ3) is 1.27. The number of hydrogen-bond acceptors (Lipinski definition) is 3. The molecule has 2 fully saturated rings. The summed E-state index contributed by atoms with van der Waals surface area (Å²) in [4.78, 5) is 12.6. The number of carbonyl (C=O) groups excluding carboxylic acids is 1. The number of aldehydes is 1. The van der Waals surface area contributed by atoms with Gasteiger partial charge in [-0.05, 0) is 25.7 Å². The summed E-state index contributed by atoms with van der Waals surface area (Å²) in [5, 5.41) is 9.46. The molecule has 3 heteroatoms. The molecule has 0 aromatic carbocycles. The smallest absolute Gasteiger partial charge is 0.134 e. The number of rotatable bonds is 2. The number of carbonyl (C=O) groups is 1. The first-order chi connectivity index (χ1) is 5.81. The second-order valence-corrected chi connectivity index (χ2v) is 3.87. The first kappa shape index (κ1) is 8.20. The summed E-state index contributed by atoms with van der Waals surface area (Å²) >= 11 is 0. The Balaban J connectivity index is 2.03. The van der Waals surface area contributed by atoms with E-state index in [-0.39, 0.29) is 6.10 Å². The van der Waals surface area contributed by atoms with Crippen LogP contribution in [-0.2, 0) is 4.79 Å². The average molecular weight is 169 g/mol. The minimum absolute atomic E-state index is 0.120. The fourth-order valence-corrected chi connectivity index (χ4v) is 2.63. The molecule has 0 saturated carbocycles. The minimum Gasteiger partial charge on any atom is -0.393 e. The van der Waals surface area contributed by atoms with Crippen LogP contribution >= 0.6 is 0 Å². The molecule has 2 bridgehead atoms. The van der Waals surface area contributed by atoms with Crippen LogP contribution in [0.2, 0.25) is 0 Å². The topological polar surface area (TPSA) is 40.5 Å². The maximum atomic E-state index is 10.4. The summed E-state index contributed by atoms with van der Waals surface area (Å²) in [6, 6.07) is 0.952. The van der Waals surface area contributed by atoms with E-state index in [0.717, 1.165) is 32.0 Å². The Morgan fingerprint density at radius 3 is 2.42 bits per heavy atom. The molecule has 0 aromatic rings. The van der Waals surface area contributed by atoms with Crippen LogP contribution in [0.5, 0.6) is 0 Å². The lowest BCUT2D eigenvalue weighted by Crippen LogP contribution is -2.45. The zero-order valence-electron chi connectivity index (χ0n) is 7.15. The van der Waals surface area contributed by atoms with E-state index in [1.165, 1.54) is 0 Å². The van der Waals surface area contributed by atoms with Gasteiger partial charge in [0.25, 0.3) is 0 Å². The van der Waals surface area contributed by atoms with E-state index in [1.54, 1.807) is 0 Å². The second kappa shape index (κ2) is 3.15. The molecule has 2 rings (SSSR count). The maximum Gasteiger partial charge on any atom is 0.134 e. The van der Waals surface area contributed by atoms with Crippen LogP contribution in [0.1, 0.15) is 25.7 Å². The van der Waals surface area contributed by atoms with Gasteiger partial charge in [0.1, 0.15) is 6.29 Å². The summed E-state index contributed by atoms with van der Waals surface area (Å²) < 4.78 is 0. The van der Waals surface area contributed by atoms with Gasteiger partial charge in [-0.15, -0.1) is 0 Å². The molecule has 0 radical (unpaired) electrons. The van der Waals surface area contributed by atoms with E-state index in [2.05, 4.69) is 4.90 Å². The zero-order chi connectivity index (χ0) is 8.55. The lowest BCUT2D eigenvalue weighted by molar-refractivity contribution is -0.110. The number of aliphatic hydroxyl groups excluding tert-OH is 1. The number of aliphatic hydroxyl groups is 1. The summed E-state index contributed by atoms with van der Waals surface area (Å²) in [6.07, 6.45) is 4.91. The molecule has 0 aliphatic carbocycles. The Kier molecular flexibility index (Phi) is 2.15. The Hall–Kier alpha value is -0.410. The van der Waals surface area contributed by atoms with Crippen molar-refractivity contribution >= 4 is 6.29 Å². The maximum absolute atomic E-state index is 10.4. The molecule has 2 aliphatic heterocycles. The van der Waals surface area contributed by atoms with Crippen LogP contribution in [0, 0.1) is 0 Å². The Labute approximate surface area is 72.4 Å². The monoisotopic (exact) mass is 169 g/mol. The van der Waals surface area contributed by atoms with Gasteiger partial charge in [-0.1, -0.05) is 0 Å². The third-order valence-corrected chi connectivity index (χ3v) is 3.14. The third-order valence-electron chi connectivity index (χ3n) is 3.14. The Morgan fingerprint density at radius 2 is 1.92 bits per heavy atom. The average Bonchev–Trinajstić information content (AvgIpc) is 2.32. The highest BCUT2D eigenvalue weighted by Gasteiger charge is 2.39. The lowest BCUT2D eigenvalue weighted by Gasteiger charge is -2.35. The van der Waals surface area contributed by atoms with Crippen molar-refractivity contribution in [1.82, 2.24) is 4.90 Å². The number of fused-ring (bicyclic) bond motifs is 2. The van der Waals surface area contributed by atoms with E-state index < -0.39 is 0 Å². The lowest BCUT2D eigenvalue weighted by atomic mass is 10.0. The fraction of sp³-hybridized carbons (Fsp3) is 0.889. The number of hydrogen-bond donors (Lipinski definition) is 1. The number of nitrogens with zero attached hydrogens (tertiary/aromatic N) is 1. The first-order valence-corrected chi connectivity index (χ1v) is 4.68. The van der Waals surface area contributed by atoms with Crippen molar-refractivity contribution in [3.05, 3.63) is 0 Å². The molecule has 2 heterocycles. The predicted octanol–water partition coefficient (Wildman–Crippen LogP) is 0.173. The highest BCUT2D eigenvalue weighted by atomic mass is 16.3. The van der Waals surface area contributed by atoms with Crippen LogP contribution in [0.4, 0.5) is 0 Å². The Bertz CT molecular complexity index is 169. The molecule has 2 aliphatic rings. The van der Waals surface area contributed by atoms with Gasteiger partial charge in [-0.25, -0.2) is 0 Å². The molecule has 2 unspecified atom stereocenters. The van der Waals surface area contributed by atoms with Gasteiger partial charge in [0.2, 0.25) is 0 Å². The molecule has 2 saturated heterocycles. The molecule has 0 amide bonds. The predicted molar refractivity (Wildman–Crippen MR) is 44.8 cm³/mol. The molecule has 12 heavy (non-hydrogen) atoms. The van der Waals surface area contributed by atoms with Crippen LogP contribution < -0.4 is 0 Å². The van der Waals surface area contributed by atoms with Gasteiger partial charge in [0, 0.05) is 12.1 Å². The number of piperidine rings is 1. The van der Waals surface area contributed by atoms with Crippen molar-refractivity contribution < 1.29 is 9.90 Å². The van der Waals surface area contributed by atoms with Gasteiger partial charge in [0.05, 0.1) is 12.6 Å². The Morgan fingerprint density at radius 1 is 1.33 bits per heavy atom. The molecule has 0 aromatic heterocycles. The zero-order valence-corrected chi connectivity index (χ0v) is 7.15. The summed E-state index contributed by atoms with van der Waals surface area (Å²) in [7, 11) is 0. The summed E-state index contributed by atoms with van der Waals surface area (Å²) in [5.74, 6) is 0. The largest absolute Gasteiger partial charge is 0.393 e. The van der Waals surface area contributed by atoms with Crippen LogP contribution in [0.15, 0.2) is 0 Å². The van der Waals surface area contributed by atoms with Gasteiger partial charge in [0.15, 0.2) is 0 Å². The first-order valence-electron chi connectivity index (χ1n) is 4.68. The summed E-state index contributed by atoms with van der Waals surface area (Å²) in [5.41, 5.74) is 0. The SMILES string of the molecule is O=CCN1C2CCC1CC(O)C2. The van der Waals surface area contributed by atoms with Crippen LogP contribution in [0.25, 0.3) is 0 Å². The fourth-order valence-electron chi connectivity index (χ4n) is 2.63. The van der Waals surface area contributed by atoms with Gasteiger partial charge < -0.3 is 9.90 Å². The molecular weight excluding hydrogens is 154 g/mol. The van der Waals surface area contributed by atoms with E-state index in [1.807, 2.05) is 0 Å². The van der Waals surface area contributed by atoms with E-state index in [0.29, 0.717) is 18.6 Å². The van der Waals surface area contributed by atoms with Crippen molar-refractivity contribution in [2.45, 2.75) is 43.9 Å². The van der Waals surface area contributed by atoms with Crippen LogP contribution in [0.3, 0.4) is 0 Å². The second-order valence-electron chi connectivity index (χ2n) is 3.87. The van der Waals surface area contributed by atoms with Crippen molar-refractivity contribution in [1.29, 1.82) is 0 Å². The van der Waals surface area contributed by atoms with E-state index >= 15 is 0 Å². The quantitative estimate of drug-likeness (QED) is 0.599. The van der Waals surface area contributed by atoms with Crippen molar-refractivity contribution in [3.63, 3.8) is 0 Å². The highest BCUT2D eigenvalue weighted by Crippen LogP contribution is 2.34. The summed E-state index contributed by atoms with van der Waals surface area (Å²) in [6.45, 7) is 0.558. The van der Waals surface area contributed by atoms with Gasteiger partial charge in [-0.3, -0.25) is 4.90 Å². The van der Waals surface area contributed by atoms with Crippen LogP contribution in [-0.4, -0.2) is 41.0 Å². The van der Waals surface area contributed by atoms with E-state index in [4.69, 9.17) is 0 Å². The van der Waals surface area contributed by atoms with Crippen molar-refractivity contribution in [2.75, 3.05) is 6.54 Å². The molecule has 1 N–H and O–H groups in total. The van der Waals surface area contributed by atoms with Crippen molar-refractivity contribution in [2.24, 2.45) is 0 Å². The normalized spacial score (nSPS) is 41.6. The van der Waals surface area contributed by atoms with Gasteiger partial charge >= 0.3 is 0 Å². The molecule has 68 valence electrons. The van der Waals surface area contributed by atoms with E-state index in [9.17, 15) is 9.90 Å². The standard InChI is InChI=1S/C9H15NO2/c11-4-3-10-7-1-2-8(10)6-9(12)5-7/h4,7-9,12H,1-3,5-6H2. The molecule has 0 spiro atoms. The highest BCUT2D eigenvalue weighted by molar-refractivity contribution is 5.52. The molecule has 3 nitrogen and oxygen atoms in total. The minimum atomic E-state index is -0.120.